The lowest BCUT2D eigenvalue weighted by Crippen LogP contribution is -2.27. The summed E-state index contributed by atoms with van der Waals surface area (Å²) in [6, 6.07) is 9.62. The highest BCUT2D eigenvalue weighted by molar-refractivity contribution is 7.19. The number of halogens is 3. The summed E-state index contributed by atoms with van der Waals surface area (Å²) in [5, 5.41) is 1.10. The Hall–Kier alpha value is -1.11. The summed E-state index contributed by atoms with van der Waals surface area (Å²) in [6.45, 7) is 0. The van der Waals surface area contributed by atoms with Crippen LogP contribution >= 0.6 is 11.3 Å². The average Bonchev–Trinajstić information content (AvgIpc) is 2.76. The van der Waals surface area contributed by atoms with Crippen molar-refractivity contribution in [3.63, 3.8) is 0 Å². The minimum atomic E-state index is -4.10. The van der Waals surface area contributed by atoms with Crippen molar-refractivity contribution in [3.05, 3.63) is 35.2 Å². The van der Waals surface area contributed by atoms with E-state index in [1.165, 1.54) is 0 Å². The molecule has 1 unspecified atom stereocenters. The Kier molecular flexibility index (Phi) is 4.44. The standard InChI is InChI=1S/C13H15F3N2S/c14-13(15,16)7-3-5-10(18-17)12-8-9-4-1-2-6-11(9)19-12/h1-2,4,6,8,10,18H,3,5,7,17H2. The van der Waals surface area contributed by atoms with E-state index in [1.807, 2.05) is 30.3 Å². The zero-order valence-corrected chi connectivity index (χ0v) is 11.0. The van der Waals surface area contributed by atoms with Crippen LogP contribution in [0.2, 0.25) is 0 Å². The molecule has 3 N–H and O–H groups in total. The fraction of sp³-hybridized carbons (Fsp3) is 0.385. The lowest BCUT2D eigenvalue weighted by Gasteiger charge is -2.14. The van der Waals surface area contributed by atoms with Crippen LogP contribution in [0.1, 0.15) is 30.2 Å². The number of benzene rings is 1. The van der Waals surface area contributed by atoms with Crippen LogP contribution in [0.5, 0.6) is 0 Å². The molecule has 0 spiro atoms. The molecule has 0 saturated heterocycles. The molecule has 0 fully saturated rings. The highest BCUT2D eigenvalue weighted by Crippen LogP contribution is 2.32. The van der Waals surface area contributed by atoms with Crippen molar-refractivity contribution in [2.24, 2.45) is 5.84 Å². The second kappa shape index (κ2) is 5.90. The molecule has 2 nitrogen and oxygen atoms in total. The van der Waals surface area contributed by atoms with Gasteiger partial charge >= 0.3 is 6.18 Å². The van der Waals surface area contributed by atoms with E-state index >= 15 is 0 Å². The van der Waals surface area contributed by atoms with Gasteiger partial charge < -0.3 is 0 Å². The summed E-state index contributed by atoms with van der Waals surface area (Å²) in [5.41, 5.74) is 2.61. The fourth-order valence-corrected chi connectivity index (χ4v) is 3.15. The minimum absolute atomic E-state index is 0.0760. The van der Waals surface area contributed by atoms with Gasteiger partial charge in [-0.05, 0) is 30.4 Å². The molecule has 0 aliphatic carbocycles. The average molecular weight is 288 g/mol. The number of fused-ring (bicyclic) bond motifs is 1. The van der Waals surface area contributed by atoms with Crippen LogP contribution in [-0.4, -0.2) is 6.18 Å². The number of hydrogen-bond donors (Lipinski definition) is 2. The SMILES string of the molecule is NNC(CCCC(F)(F)F)c1cc2ccccc2s1. The highest BCUT2D eigenvalue weighted by Gasteiger charge is 2.27. The molecule has 6 heteroatoms. The Balaban J connectivity index is 2.04. The second-order valence-corrected chi connectivity index (χ2v) is 5.53. The van der Waals surface area contributed by atoms with E-state index in [2.05, 4.69) is 5.43 Å². The van der Waals surface area contributed by atoms with Gasteiger partial charge in [0.2, 0.25) is 0 Å². The van der Waals surface area contributed by atoms with Gasteiger partial charge in [-0.3, -0.25) is 11.3 Å². The lowest BCUT2D eigenvalue weighted by atomic mass is 10.1. The van der Waals surface area contributed by atoms with E-state index in [0.29, 0.717) is 6.42 Å². The summed E-state index contributed by atoms with van der Waals surface area (Å²) in [6.07, 6.45) is -4.41. The van der Waals surface area contributed by atoms with E-state index in [4.69, 9.17) is 5.84 Å². The molecule has 1 aromatic carbocycles. The molecule has 0 aliphatic heterocycles. The minimum Gasteiger partial charge on any atom is -0.271 e. The third kappa shape index (κ3) is 3.92. The van der Waals surface area contributed by atoms with Gasteiger partial charge in [0.15, 0.2) is 0 Å². The smallest absolute Gasteiger partial charge is 0.271 e. The third-order valence-electron chi connectivity index (χ3n) is 2.94. The molecular formula is C13H15F3N2S. The lowest BCUT2D eigenvalue weighted by molar-refractivity contribution is -0.135. The molecule has 104 valence electrons. The third-order valence-corrected chi connectivity index (χ3v) is 4.17. The molecular weight excluding hydrogens is 273 g/mol. The van der Waals surface area contributed by atoms with E-state index in [9.17, 15) is 13.2 Å². The van der Waals surface area contributed by atoms with Crippen LogP contribution in [0.15, 0.2) is 30.3 Å². The summed E-state index contributed by atoms with van der Waals surface area (Å²) in [4.78, 5) is 0.978. The van der Waals surface area contributed by atoms with Crippen molar-refractivity contribution in [1.29, 1.82) is 0 Å². The summed E-state index contributed by atoms with van der Waals surface area (Å²) < 4.78 is 37.5. The van der Waals surface area contributed by atoms with Gasteiger partial charge in [0.25, 0.3) is 0 Å². The molecule has 0 aliphatic rings. The quantitative estimate of drug-likeness (QED) is 0.641. The van der Waals surface area contributed by atoms with E-state index in [0.717, 1.165) is 15.0 Å². The molecule has 1 heterocycles. The Morgan fingerprint density at radius 2 is 2.00 bits per heavy atom. The Bertz CT molecular complexity index is 503. The van der Waals surface area contributed by atoms with Crippen molar-refractivity contribution in [3.8, 4) is 0 Å². The Morgan fingerprint density at radius 1 is 1.26 bits per heavy atom. The molecule has 0 bridgehead atoms. The van der Waals surface area contributed by atoms with Crippen LogP contribution in [0.25, 0.3) is 10.1 Å². The van der Waals surface area contributed by atoms with Crippen LogP contribution in [0, 0.1) is 0 Å². The first-order valence-corrected chi connectivity index (χ1v) is 6.82. The first-order chi connectivity index (χ1) is 8.99. The number of alkyl halides is 3. The van der Waals surface area contributed by atoms with Gasteiger partial charge in [0.1, 0.15) is 0 Å². The molecule has 0 amide bonds. The topological polar surface area (TPSA) is 38.0 Å². The molecule has 1 atom stereocenters. The maximum atomic E-state index is 12.1. The van der Waals surface area contributed by atoms with Crippen LogP contribution in [0.3, 0.4) is 0 Å². The first kappa shape index (κ1) is 14.3. The maximum Gasteiger partial charge on any atom is 0.389 e. The molecule has 0 radical (unpaired) electrons. The molecule has 19 heavy (non-hydrogen) atoms. The zero-order valence-electron chi connectivity index (χ0n) is 10.2. The van der Waals surface area contributed by atoms with E-state index in [1.54, 1.807) is 11.3 Å². The maximum absolute atomic E-state index is 12.1. The summed E-state index contributed by atoms with van der Waals surface area (Å²) in [5.74, 6) is 5.45. The molecule has 1 aromatic heterocycles. The van der Waals surface area contributed by atoms with Crippen molar-refractivity contribution in [2.45, 2.75) is 31.5 Å². The zero-order chi connectivity index (χ0) is 13.9. The first-order valence-electron chi connectivity index (χ1n) is 6.01. The number of thiophene rings is 1. The van der Waals surface area contributed by atoms with Gasteiger partial charge in [-0.1, -0.05) is 18.2 Å². The normalized spacial score (nSPS) is 13.9. The number of nitrogens with two attached hydrogens (primary N) is 1. The number of rotatable bonds is 5. The van der Waals surface area contributed by atoms with E-state index in [-0.39, 0.29) is 12.5 Å². The van der Waals surface area contributed by atoms with Gasteiger partial charge in [-0.15, -0.1) is 11.3 Å². The van der Waals surface area contributed by atoms with Crippen molar-refractivity contribution in [1.82, 2.24) is 5.43 Å². The van der Waals surface area contributed by atoms with Crippen LogP contribution in [0.4, 0.5) is 13.2 Å². The van der Waals surface area contributed by atoms with Gasteiger partial charge in [0, 0.05) is 16.0 Å². The predicted molar refractivity (Wildman–Crippen MR) is 71.8 cm³/mol. The molecule has 0 saturated carbocycles. The fourth-order valence-electron chi connectivity index (χ4n) is 1.99. The predicted octanol–water partition coefficient (Wildman–Crippen LogP) is 4.14. The largest absolute Gasteiger partial charge is 0.389 e. The van der Waals surface area contributed by atoms with Crippen molar-refractivity contribution >= 4 is 21.4 Å². The Morgan fingerprint density at radius 3 is 2.63 bits per heavy atom. The summed E-state index contributed by atoms with van der Waals surface area (Å²) >= 11 is 1.56. The number of nitrogens with one attached hydrogen (secondary N) is 1. The molecule has 2 rings (SSSR count). The van der Waals surface area contributed by atoms with Gasteiger partial charge in [-0.25, -0.2) is 0 Å². The second-order valence-electron chi connectivity index (χ2n) is 4.41. The van der Waals surface area contributed by atoms with Crippen molar-refractivity contribution in [2.75, 3.05) is 0 Å². The van der Waals surface area contributed by atoms with E-state index < -0.39 is 12.6 Å². The highest BCUT2D eigenvalue weighted by atomic mass is 32.1. The Labute approximate surface area is 113 Å². The van der Waals surface area contributed by atoms with Crippen molar-refractivity contribution < 1.29 is 13.2 Å². The van der Waals surface area contributed by atoms with Gasteiger partial charge in [0.05, 0.1) is 6.04 Å². The summed E-state index contributed by atoms with van der Waals surface area (Å²) in [7, 11) is 0. The van der Waals surface area contributed by atoms with Crippen LogP contribution in [-0.2, 0) is 0 Å². The van der Waals surface area contributed by atoms with Gasteiger partial charge in [-0.2, -0.15) is 13.2 Å². The monoisotopic (exact) mass is 288 g/mol. The number of hydrazine groups is 1. The molecule has 2 aromatic rings. The van der Waals surface area contributed by atoms with Crippen LogP contribution < -0.4 is 11.3 Å². The number of hydrogen-bond acceptors (Lipinski definition) is 3.